The molecule has 0 radical (unpaired) electrons. The minimum Gasteiger partial charge on any atom is -0.391 e. The van der Waals surface area contributed by atoms with Gasteiger partial charge in [0, 0.05) is 31.3 Å². The van der Waals surface area contributed by atoms with Gasteiger partial charge in [-0.2, -0.15) is 0 Å². The van der Waals surface area contributed by atoms with Crippen molar-refractivity contribution in [2.24, 2.45) is 5.92 Å². The molecule has 0 fully saturated rings. The highest BCUT2D eigenvalue weighted by molar-refractivity contribution is 5.97. The summed E-state index contributed by atoms with van der Waals surface area (Å²) < 4.78 is 0. The van der Waals surface area contributed by atoms with Gasteiger partial charge in [0.05, 0.1) is 6.10 Å². The predicted molar refractivity (Wildman–Crippen MR) is 81.4 cm³/mol. The number of carbonyl (C=O) groups excluding carboxylic acids is 2. The monoisotopic (exact) mass is 290 g/mol. The van der Waals surface area contributed by atoms with E-state index >= 15 is 0 Å². The number of amides is 2. The summed E-state index contributed by atoms with van der Waals surface area (Å²) in [6, 6.07) is 5.37. The van der Waals surface area contributed by atoms with E-state index in [0.29, 0.717) is 12.1 Å². The molecule has 1 atom stereocenters. The molecule has 0 saturated heterocycles. The van der Waals surface area contributed by atoms with Crippen LogP contribution >= 0.6 is 0 Å². The number of rotatable bonds is 4. The summed E-state index contributed by atoms with van der Waals surface area (Å²) in [6.07, 6.45) is 0.224. The number of aliphatic hydroxyl groups is 1. The van der Waals surface area contributed by atoms with Crippen LogP contribution in [-0.4, -0.2) is 36.1 Å². The Balaban J connectivity index is 2.06. The molecule has 5 nitrogen and oxygen atoms in total. The maximum Gasteiger partial charge on any atom is 0.251 e. The van der Waals surface area contributed by atoms with Crippen molar-refractivity contribution in [3.8, 4) is 0 Å². The third-order valence-corrected chi connectivity index (χ3v) is 3.86. The molecule has 1 aromatic rings. The number of hydrogen-bond donors (Lipinski definition) is 2. The van der Waals surface area contributed by atoms with Gasteiger partial charge in [0.15, 0.2) is 0 Å². The first kappa shape index (κ1) is 15.5. The molecule has 0 saturated carbocycles. The normalized spacial score (nSPS) is 15.0. The van der Waals surface area contributed by atoms with Gasteiger partial charge < -0.3 is 15.3 Å². The fourth-order valence-corrected chi connectivity index (χ4v) is 2.41. The molecule has 2 N–H and O–H groups in total. The predicted octanol–water partition coefficient (Wildman–Crippen LogP) is 1.34. The van der Waals surface area contributed by atoms with Gasteiger partial charge in [0.25, 0.3) is 5.91 Å². The largest absolute Gasteiger partial charge is 0.391 e. The molecule has 1 unspecified atom stereocenters. The van der Waals surface area contributed by atoms with E-state index in [4.69, 9.17) is 0 Å². The second-order valence-corrected chi connectivity index (χ2v) is 5.79. The summed E-state index contributed by atoms with van der Waals surface area (Å²) in [4.78, 5) is 25.3. The minimum absolute atomic E-state index is 0.0195. The molecule has 114 valence electrons. The van der Waals surface area contributed by atoms with Gasteiger partial charge in [0.2, 0.25) is 5.91 Å². The first-order valence-electron chi connectivity index (χ1n) is 7.27. The first-order valence-corrected chi connectivity index (χ1v) is 7.27. The Hall–Kier alpha value is -1.88. The number of carbonyl (C=O) groups is 2. The Bertz CT molecular complexity index is 554. The summed E-state index contributed by atoms with van der Waals surface area (Å²) in [5.41, 5.74) is 2.47. The number of nitrogens with zero attached hydrogens (tertiary/aromatic N) is 1. The van der Waals surface area contributed by atoms with Crippen LogP contribution in [0.25, 0.3) is 0 Å². The van der Waals surface area contributed by atoms with E-state index in [1.165, 1.54) is 0 Å². The zero-order valence-electron chi connectivity index (χ0n) is 12.7. The highest BCUT2D eigenvalue weighted by Crippen LogP contribution is 2.28. The highest BCUT2D eigenvalue weighted by atomic mass is 16.3. The average Bonchev–Trinajstić information content (AvgIpc) is 2.87. The van der Waals surface area contributed by atoms with Gasteiger partial charge in [-0.1, -0.05) is 13.8 Å². The number of anilines is 1. The molecular weight excluding hydrogens is 268 g/mol. The lowest BCUT2D eigenvalue weighted by Crippen LogP contribution is -2.34. The van der Waals surface area contributed by atoms with Crippen LogP contribution in [0.15, 0.2) is 18.2 Å². The van der Waals surface area contributed by atoms with E-state index in [1.807, 2.05) is 26.0 Å². The third-order valence-electron chi connectivity index (χ3n) is 3.86. The lowest BCUT2D eigenvalue weighted by molar-refractivity contribution is -0.116. The molecular formula is C16H22N2O3. The van der Waals surface area contributed by atoms with E-state index in [9.17, 15) is 14.7 Å². The summed E-state index contributed by atoms with van der Waals surface area (Å²) in [5, 5.41) is 12.4. The van der Waals surface area contributed by atoms with Crippen LogP contribution in [-0.2, 0) is 11.2 Å². The van der Waals surface area contributed by atoms with Gasteiger partial charge in [-0.25, -0.2) is 0 Å². The van der Waals surface area contributed by atoms with Crippen LogP contribution in [0, 0.1) is 5.92 Å². The number of hydrogen-bond acceptors (Lipinski definition) is 3. The second-order valence-electron chi connectivity index (χ2n) is 5.79. The minimum atomic E-state index is -0.545. The van der Waals surface area contributed by atoms with Crippen LogP contribution in [0.4, 0.5) is 5.69 Å². The fraction of sp³-hybridized carbons (Fsp3) is 0.500. The van der Waals surface area contributed by atoms with E-state index < -0.39 is 6.10 Å². The van der Waals surface area contributed by atoms with Crippen molar-refractivity contribution in [3.05, 3.63) is 29.3 Å². The Labute approximate surface area is 125 Å². The molecule has 1 aliphatic heterocycles. The molecule has 0 aliphatic carbocycles. The summed E-state index contributed by atoms with van der Waals surface area (Å²) in [6.45, 7) is 6.27. The number of fused-ring (bicyclic) bond motifs is 1. The summed E-state index contributed by atoms with van der Waals surface area (Å²) in [5.74, 6) is -0.0702. The van der Waals surface area contributed by atoms with Crippen LogP contribution in [0.2, 0.25) is 0 Å². The first-order chi connectivity index (χ1) is 9.90. The summed E-state index contributed by atoms with van der Waals surface area (Å²) >= 11 is 0. The van der Waals surface area contributed by atoms with Crippen molar-refractivity contribution in [2.45, 2.75) is 33.3 Å². The van der Waals surface area contributed by atoms with Gasteiger partial charge in [-0.15, -0.1) is 0 Å². The molecule has 0 spiro atoms. The van der Waals surface area contributed by atoms with Gasteiger partial charge >= 0.3 is 0 Å². The van der Waals surface area contributed by atoms with Crippen molar-refractivity contribution in [1.82, 2.24) is 5.32 Å². The molecule has 1 aromatic carbocycles. The molecule has 5 heteroatoms. The molecule has 21 heavy (non-hydrogen) atoms. The Kier molecular flexibility index (Phi) is 4.63. The topological polar surface area (TPSA) is 69.6 Å². The van der Waals surface area contributed by atoms with Crippen molar-refractivity contribution in [3.63, 3.8) is 0 Å². The molecule has 0 bridgehead atoms. The Morgan fingerprint density at radius 2 is 2.10 bits per heavy atom. The second kappa shape index (κ2) is 6.26. The standard InChI is InChI=1S/C16H22N2O3/c1-10(2)15(20)9-17-16(21)13-4-5-14-12(8-13)6-7-18(14)11(3)19/h4-5,8,10,15,20H,6-7,9H2,1-3H3,(H,17,21). The van der Waals surface area contributed by atoms with E-state index in [0.717, 1.165) is 17.7 Å². The van der Waals surface area contributed by atoms with Gasteiger partial charge in [-0.05, 0) is 36.1 Å². The zero-order valence-corrected chi connectivity index (χ0v) is 12.7. The van der Waals surface area contributed by atoms with Crippen LogP contribution in [0.1, 0.15) is 36.7 Å². The smallest absolute Gasteiger partial charge is 0.251 e. The molecule has 2 rings (SSSR count). The maximum absolute atomic E-state index is 12.1. The quantitative estimate of drug-likeness (QED) is 0.879. The average molecular weight is 290 g/mol. The number of nitrogens with one attached hydrogen (secondary N) is 1. The van der Waals surface area contributed by atoms with Gasteiger partial charge in [0.1, 0.15) is 0 Å². The van der Waals surface area contributed by atoms with E-state index in [2.05, 4.69) is 5.32 Å². The molecule has 2 amide bonds. The van der Waals surface area contributed by atoms with Crippen LogP contribution < -0.4 is 10.2 Å². The third kappa shape index (κ3) is 3.42. The van der Waals surface area contributed by atoms with E-state index in [-0.39, 0.29) is 24.3 Å². The Morgan fingerprint density at radius 3 is 2.71 bits per heavy atom. The SMILES string of the molecule is CC(=O)N1CCc2cc(C(=O)NCC(O)C(C)C)ccc21. The summed E-state index contributed by atoms with van der Waals surface area (Å²) in [7, 11) is 0. The van der Waals surface area contributed by atoms with Crippen LogP contribution in [0.3, 0.4) is 0 Å². The number of benzene rings is 1. The zero-order chi connectivity index (χ0) is 15.6. The van der Waals surface area contributed by atoms with Gasteiger partial charge in [-0.3, -0.25) is 9.59 Å². The van der Waals surface area contributed by atoms with Crippen molar-refractivity contribution in [2.75, 3.05) is 18.0 Å². The van der Waals surface area contributed by atoms with Crippen molar-refractivity contribution >= 4 is 17.5 Å². The fourth-order valence-electron chi connectivity index (χ4n) is 2.41. The molecule has 1 heterocycles. The lowest BCUT2D eigenvalue weighted by Gasteiger charge is -2.16. The van der Waals surface area contributed by atoms with Crippen molar-refractivity contribution in [1.29, 1.82) is 0 Å². The maximum atomic E-state index is 12.1. The van der Waals surface area contributed by atoms with Crippen molar-refractivity contribution < 1.29 is 14.7 Å². The number of aliphatic hydroxyl groups excluding tert-OH is 1. The molecule has 1 aliphatic rings. The van der Waals surface area contributed by atoms with E-state index in [1.54, 1.807) is 17.9 Å². The van der Waals surface area contributed by atoms with Crippen LogP contribution in [0.5, 0.6) is 0 Å². The molecule has 0 aromatic heterocycles. The lowest BCUT2D eigenvalue weighted by atomic mass is 10.1. The Morgan fingerprint density at radius 1 is 1.38 bits per heavy atom. The highest BCUT2D eigenvalue weighted by Gasteiger charge is 2.23.